The number of amides is 1. The maximum atomic E-state index is 12.5. The summed E-state index contributed by atoms with van der Waals surface area (Å²) in [5.74, 6) is 0.123. The van der Waals surface area contributed by atoms with Crippen molar-refractivity contribution < 1.29 is 14.6 Å². The van der Waals surface area contributed by atoms with Crippen molar-refractivity contribution in [3.05, 3.63) is 16.1 Å². The standard InChI is InChI=1S/C17H28N4O3S/c1-3-24-12(2)16-19-13(11-25-16)10-20-4-6-21(7-5-20)17(23)15-8-14(22)9-18-15/h11-12,14-15,18,22H,3-10H2,1-2H3/t12-,14+,15-/m1/s1. The van der Waals surface area contributed by atoms with E-state index < -0.39 is 6.10 Å². The van der Waals surface area contributed by atoms with Gasteiger partial charge >= 0.3 is 0 Å². The molecule has 1 aromatic rings. The maximum absolute atomic E-state index is 12.5. The van der Waals surface area contributed by atoms with Gasteiger partial charge in [0.25, 0.3) is 0 Å². The van der Waals surface area contributed by atoms with E-state index in [-0.39, 0.29) is 18.1 Å². The lowest BCUT2D eigenvalue weighted by Crippen LogP contribution is -2.52. The number of hydrogen-bond donors (Lipinski definition) is 2. The van der Waals surface area contributed by atoms with E-state index in [0.717, 1.165) is 43.4 Å². The van der Waals surface area contributed by atoms with Gasteiger partial charge < -0.3 is 20.1 Å². The fourth-order valence-electron chi connectivity index (χ4n) is 3.38. The normalized spacial score (nSPS) is 26.1. The summed E-state index contributed by atoms with van der Waals surface area (Å²) in [5.41, 5.74) is 1.08. The van der Waals surface area contributed by atoms with Gasteiger partial charge in [-0.3, -0.25) is 9.69 Å². The topological polar surface area (TPSA) is 77.9 Å². The SMILES string of the molecule is CCO[C@H](C)c1nc(CN2CCN(C(=O)[C@H]3C[C@H](O)CN3)CC2)cs1. The quantitative estimate of drug-likeness (QED) is 0.766. The summed E-state index contributed by atoms with van der Waals surface area (Å²) in [7, 11) is 0. The van der Waals surface area contributed by atoms with Gasteiger partial charge in [-0.15, -0.1) is 11.3 Å². The molecule has 140 valence electrons. The molecular weight excluding hydrogens is 340 g/mol. The number of rotatable bonds is 6. The van der Waals surface area contributed by atoms with Crippen molar-refractivity contribution in [3.8, 4) is 0 Å². The zero-order valence-corrected chi connectivity index (χ0v) is 15.8. The van der Waals surface area contributed by atoms with Gasteiger partial charge in [-0.2, -0.15) is 0 Å². The second-order valence-electron chi connectivity index (χ2n) is 6.73. The van der Waals surface area contributed by atoms with Crippen LogP contribution in [0, 0.1) is 0 Å². The lowest BCUT2D eigenvalue weighted by Gasteiger charge is -2.35. The van der Waals surface area contributed by atoms with Gasteiger partial charge in [0.15, 0.2) is 0 Å². The van der Waals surface area contributed by atoms with E-state index in [1.54, 1.807) is 11.3 Å². The number of nitrogens with zero attached hydrogens (tertiary/aromatic N) is 3. The van der Waals surface area contributed by atoms with Crippen molar-refractivity contribution >= 4 is 17.2 Å². The van der Waals surface area contributed by atoms with E-state index in [4.69, 9.17) is 4.74 Å². The highest BCUT2D eigenvalue weighted by atomic mass is 32.1. The molecule has 2 fully saturated rings. The van der Waals surface area contributed by atoms with Crippen LogP contribution >= 0.6 is 11.3 Å². The molecule has 3 heterocycles. The zero-order chi connectivity index (χ0) is 17.8. The molecule has 25 heavy (non-hydrogen) atoms. The number of nitrogens with one attached hydrogen (secondary N) is 1. The molecule has 2 aliphatic rings. The molecule has 7 nitrogen and oxygen atoms in total. The number of carbonyl (C=O) groups is 1. The number of thiazole rings is 1. The summed E-state index contributed by atoms with van der Waals surface area (Å²) >= 11 is 1.65. The Morgan fingerprint density at radius 1 is 1.48 bits per heavy atom. The predicted molar refractivity (Wildman–Crippen MR) is 96.4 cm³/mol. The van der Waals surface area contributed by atoms with Crippen LogP contribution in [0.15, 0.2) is 5.38 Å². The van der Waals surface area contributed by atoms with Crippen LogP contribution in [0.4, 0.5) is 0 Å². The highest BCUT2D eigenvalue weighted by Gasteiger charge is 2.32. The molecule has 0 unspecified atom stereocenters. The Morgan fingerprint density at radius 3 is 2.88 bits per heavy atom. The zero-order valence-electron chi connectivity index (χ0n) is 15.0. The summed E-state index contributed by atoms with van der Waals surface area (Å²) < 4.78 is 5.59. The van der Waals surface area contributed by atoms with Gasteiger partial charge in [0.05, 0.1) is 17.8 Å². The third kappa shape index (κ3) is 4.77. The largest absolute Gasteiger partial charge is 0.392 e. The third-order valence-corrected chi connectivity index (χ3v) is 5.86. The fraction of sp³-hybridized carbons (Fsp3) is 0.765. The molecule has 1 aromatic heterocycles. The smallest absolute Gasteiger partial charge is 0.239 e. The van der Waals surface area contributed by atoms with Crippen molar-refractivity contribution in [3.63, 3.8) is 0 Å². The second kappa shape index (κ2) is 8.55. The lowest BCUT2D eigenvalue weighted by atomic mass is 10.1. The number of piperazine rings is 1. The molecule has 0 saturated carbocycles. The second-order valence-corrected chi connectivity index (χ2v) is 7.62. The molecule has 3 atom stereocenters. The summed E-state index contributed by atoms with van der Waals surface area (Å²) in [6, 6.07) is -0.220. The van der Waals surface area contributed by atoms with Gasteiger partial charge in [0.2, 0.25) is 5.91 Å². The molecule has 1 amide bonds. The molecule has 0 aromatic carbocycles. The minimum absolute atomic E-state index is 0.0486. The van der Waals surface area contributed by atoms with E-state index in [2.05, 4.69) is 20.6 Å². The number of aliphatic hydroxyl groups is 1. The first-order chi connectivity index (χ1) is 12.1. The molecular formula is C17H28N4O3S. The average Bonchev–Trinajstić information content (AvgIpc) is 3.24. The first kappa shape index (κ1) is 18.7. The van der Waals surface area contributed by atoms with E-state index in [1.807, 2.05) is 18.7 Å². The highest BCUT2D eigenvalue weighted by Crippen LogP contribution is 2.22. The Labute approximate surface area is 153 Å². The number of ether oxygens (including phenoxy) is 1. The van der Waals surface area contributed by atoms with Crippen LogP contribution in [0.3, 0.4) is 0 Å². The van der Waals surface area contributed by atoms with Crippen molar-refractivity contribution in [2.45, 2.75) is 45.1 Å². The number of hydrogen-bond acceptors (Lipinski definition) is 7. The van der Waals surface area contributed by atoms with E-state index >= 15 is 0 Å². The van der Waals surface area contributed by atoms with Gasteiger partial charge in [-0.25, -0.2) is 4.98 Å². The predicted octanol–water partition coefficient (Wildman–Crippen LogP) is 0.608. The minimum Gasteiger partial charge on any atom is -0.392 e. The van der Waals surface area contributed by atoms with Gasteiger partial charge in [0, 0.05) is 51.3 Å². The molecule has 2 aliphatic heterocycles. The Kier molecular flexibility index (Phi) is 6.40. The first-order valence-corrected chi connectivity index (χ1v) is 9.93. The molecule has 3 rings (SSSR count). The van der Waals surface area contributed by atoms with Crippen LogP contribution < -0.4 is 5.32 Å². The van der Waals surface area contributed by atoms with E-state index in [1.165, 1.54) is 0 Å². The lowest BCUT2D eigenvalue weighted by molar-refractivity contribution is -0.135. The number of β-amino-alcohol motifs (C(OH)–C–C–N with tert-alkyl or cyclic N) is 1. The van der Waals surface area contributed by atoms with Crippen LogP contribution in [-0.2, 0) is 16.1 Å². The summed E-state index contributed by atoms with van der Waals surface area (Å²) in [6.45, 7) is 9.24. The Balaban J connectivity index is 1.45. The molecule has 0 spiro atoms. The fourth-order valence-corrected chi connectivity index (χ4v) is 4.20. The van der Waals surface area contributed by atoms with Gasteiger partial charge in [-0.05, 0) is 20.3 Å². The van der Waals surface area contributed by atoms with Crippen LogP contribution in [-0.4, -0.2) is 77.3 Å². The van der Waals surface area contributed by atoms with E-state index in [0.29, 0.717) is 19.6 Å². The summed E-state index contributed by atoms with van der Waals surface area (Å²) in [5, 5.41) is 15.8. The third-order valence-electron chi connectivity index (χ3n) is 4.81. The molecule has 8 heteroatoms. The van der Waals surface area contributed by atoms with Crippen LogP contribution in [0.1, 0.15) is 37.1 Å². The van der Waals surface area contributed by atoms with Crippen molar-refractivity contribution in [1.82, 2.24) is 20.1 Å². The number of aromatic nitrogens is 1. The van der Waals surface area contributed by atoms with Gasteiger partial charge in [0.1, 0.15) is 11.1 Å². The van der Waals surface area contributed by atoms with E-state index in [9.17, 15) is 9.90 Å². The molecule has 2 N–H and O–H groups in total. The minimum atomic E-state index is -0.395. The van der Waals surface area contributed by atoms with Crippen LogP contribution in [0.5, 0.6) is 0 Å². The Bertz CT molecular complexity index is 574. The molecule has 2 saturated heterocycles. The van der Waals surface area contributed by atoms with Crippen molar-refractivity contribution in [2.24, 2.45) is 0 Å². The maximum Gasteiger partial charge on any atom is 0.239 e. The van der Waals surface area contributed by atoms with Crippen LogP contribution in [0.25, 0.3) is 0 Å². The Hall–Kier alpha value is -1.06. The molecule has 0 bridgehead atoms. The monoisotopic (exact) mass is 368 g/mol. The number of carbonyl (C=O) groups excluding carboxylic acids is 1. The van der Waals surface area contributed by atoms with Crippen LogP contribution in [0.2, 0.25) is 0 Å². The summed E-state index contributed by atoms with van der Waals surface area (Å²) in [4.78, 5) is 21.4. The van der Waals surface area contributed by atoms with Crippen molar-refractivity contribution in [1.29, 1.82) is 0 Å². The summed E-state index contributed by atoms with van der Waals surface area (Å²) in [6.07, 6.45) is 0.180. The average molecular weight is 369 g/mol. The highest BCUT2D eigenvalue weighted by molar-refractivity contribution is 7.09. The first-order valence-electron chi connectivity index (χ1n) is 9.05. The molecule has 0 radical (unpaired) electrons. The van der Waals surface area contributed by atoms with Gasteiger partial charge in [-0.1, -0.05) is 0 Å². The molecule has 0 aliphatic carbocycles. The Morgan fingerprint density at radius 2 is 2.24 bits per heavy atom. The van der Waals surface area contributed by atoms with Crippen molar-refractivity contribution in [2.75, 3.05) is 39.3 Å². The number of aliphatic hydroxyl groups excluding tert-OH is 1.